The van der Waals surface area contributed by atoms with Crippen LogP contribution in [0.3, 0.4) is 0 Å². The second-order valence-corrected chi connectivity index (χ2v) is 5.27. The van der Waals surface area contributed by atoms with E-state index in [9.17, 15) is 0 Å². The maximum absolute atomic E-state index is 4.19. The average molecular weight is 232 g/mol. The molecule has 1 aliphatic rings. The van der Waals surface area contributed by atoms with E-state index in [-0.39, 0.29) is 0 Å². The number of aromatic nitrogens is 1. The molecule has 1 aliphatic carbocycles. The third-order valence-electron chi connectivity index (χ3n) is 3.87. The maximum atomic E-state index is 4.19. The standard InChI is InChI=1S/C15H24N2/c1-3-8-17-15(10-13-5-4-6-13)14-7-9-16-11-12(14)2/h7,9,11,13,15,17H,3-6,8,10H2,1-2H3. The number of nitrogens with zero attached hydrogens (tertiary/aromatic N) is 1. The monoisotopic (exact) mass is 232 g/mol. The molecular weight excluding hydrogens is 208 g/mol. The van der Waals surface area contributed by atoms with Crippen molar-refractivity contribution in [2.75, 3.05) is 6.54 Å². The largest absolute Gasteiger partial charge is 0.310 e. The van der Waals surface area contributed by atoms with Crippen molar-refractivity contribution in [2.24, 2.45) is 5.92 Å². The van der Waals surface area contributed by atoms with Gasteiger partial charge in [0.05, 0.1) is 0 Å². The van der Waals surface area contributed by atoms with Gasteiger partial charge in [0, 0.05) is 18.4 Å². The Hall–Kier alpha value is -0.890. The summed E-state index contributed by atoms with van der Waals surface area (Å²) in [7, 11) is 0. The number of pyridine rings is 1. The topological polar surface area (TPSA) is 24.9 Å². The van der Waals surface area contributed by atoms with Crippen molar-refractivity contribution >= 4 is 0 Å². The predicted octanol–water partition coefficient (Wildman–Crippen LogP) is 3.62. The Bertz CT molecular complexity index is 345. The number of rotatable bonds is 6. The van der Waals surface area contributed by atoms with E-state index in [4.69, 9.17) is 0 Å². The smallest absolute Gasteiger partial charge is 0.0326 e. The van der Waals surface area contributed by atoms with Gasteiger partial charge in [0.1, 0.15) is 0 Å². The molecule has 1 aromatic heterocycles. The highest BCUT2D eigenvalue weighted by Crippen LogP contribution is 2.35. The zero-order valence-corrected chi connectivity index (χ0v) is 11.1. The highest BCUT2D eigenvalue weighted by Gasteiger charge is 2.23. The summed E-state index contributed by atoms with van der Waals surface area (Å²) in [6, 6.07) is 2.71. The molecule has 2 nitrogen and oxygen atoms in total. The van der Waals surface area contributed by atoms with Gasteiger partial charge in [-0.3, -0.25) is 4.98 Å². The highest BCUT2D eigenvalue weighted by atomic mass is 14.9. The molecule has 0 aromatic carbocycles. The quantitative estimate of drug-likeness (QED) is 0.810. The Balaban J connectivity index is 2.05. The lowest BCUT2D eigenvalue weighted by Gasteiger charge is -2.31. The summed E-state index contributed by atoms with van der Waals surface area (Å²) in [4.78, 5) is 4.19. The summed E-state index contributed by atoms with van der Waals surface area (Å²) in [6.45, 7) is 5.51. The van der Waals surface area contributed by atoms with Gasteiger partial charge in [0.15, 0.2) is 0 Å². The van der Waals surface area contributed by atoms with Crippen LogP contribution in [0.4, 0.5) is 0 Å². The Morgan fingerprint density at radius 1 is 1.47 bits per heavy atom. The van der Waals surface area contributed by atoms with Crippen LogP contribution in [0.5, 0.6) is 0 Å². The van der Waals surface area contributed by atoms with Crippen LogP contribution in [0.1, 0.15) is 56.2 Å². The summed E-state index contributed by atoms with van der Waals surface area (Å²) in [5.41, 5.74) is 2.76. The Kier molecular flexibility index (Phi) is 4.55. The molecule has 1 aromatic rings. The molecule has 1 fully saturated rings. The van der Waals surface area contributed by atoms with Crippen LogP contribution in [0, 0.1) is 12.8 Å². The molecule has 1 saturated carbocycles. The van der Waals surface area contributed by atoms with Crippen LogP contribution in [0.2, 0.25) is 0 Å². The van der Waals surface area contributed by atoms with Gasteiger partial charge in [-0.25, -0.2) is 0 Å². The zero-order chi connectivity index (χ0) is 12.1. The first-order valence-corrected chi connectivity index (χ1v) is 6.95. The van der Waals surface area contributed by atoms with Gasteiger partial charge < -0.3 is 5.32 Å². The van der Waals surface area contributed by atoms with Crippen LogP contribution in [0.25, 0.3) is 0 Å². The molecule has 17 heavy (non-hydrogen) atoms. The van der Waals surface area contributed by atoms with Gasteiger partial charge >= 0.3 is 0 Å². The Morgan fingerprint density at radius 2 is 2.29 bits per heavy atom. The van der Waals surface area contributed by atoms with E-state index in [0.29, 0.717) is 6.04 Å². The minimum Gasteiger partial charge on any atom is -0.310 e. The number of hydrogen-bond donors (Lipinski definition) is 1. The van der Waals surface area contributed by atoms with E-state index in [0.717, 1.165) is 12.5 Å². The third kappa shape index (κ3) is 3.29. The molecule has 2 rings (SSSR count). The van der Waals surface area contributed by atoms with Crippen molar-refractivity contribution in [1.29, 1.82) is 0 Å². The Morgan fingerprint density at radius 3 is 2.88 bits per heavy atom. The van der Waals surface area contributed by atoms with E-state index < -0.39 is 0 Å². The van der Waals surface area contributed by atoms with Crippen molar-refractivity contribution in [3.63, 3.8) is 0 Å². The van der Waals surface area contributed by atoms with E-state index in [2.05, 4.69) is 30.2 Å². The summed E-state index contributed by atoms with van der Waals surface area (Å²) in [5.74, 6) is 0.942. The summed E-state index contributed by atoms with van der Waals surface area (Å²) >= 11 is 0. The van der Waals surface area contributed by atoms with Gasteiger partial charge in [0.2, 0.25) is 0 Å². The number of aryl methyl sites for hydroxylation is 1. The molecule has 1 N–H and O–H groups in total. The molecule has 0 bridgehead atoms. The molecule has 1 heterocycles. The second-order valence-electron chi connectivity index (χ2n) is 5.27. The summed E-state index contributed by atoms with van der Waals surface area (Å²) in [5, 5.41) is 3.70. The van der Waals surface area contributed by atoms with E-state index in [1.165, 1.54) is 43.2 Å². The van der Waals surface area contributed by atoms with Gasteiger partial charge in [-0.15, -0.1) is 0 Å². The average Bonchev–Trinajstić information content (AvgIpc) is 2.28. The van der Waals surface area contributed by atoms with Gasteiger partial charge in [-0.05, 0) is 49.4 Å². The highest BCUT2D eigenvalue weighted by molar-refractivity contribution is 5.25. The van der Waals surface area contributed by atoms with Crippen LogP contribution < -0.4 is 5.32 Å². The van der Waals surface area contributed by atoms with Crippen molar-refractivity contribution in [3.8, 4) is 0 Å². The molecule has 1 atom stereocenters. The SMILES string of the molecule is CCCNC(CC1CCC1)c1ccncc1C. The molecular formula is C15H24N2. The lowest BCUT2D eigenvalue weighted by molar-refractivity contribution is 0.261. The lowest BCUT2D eigenvalue weighted by atomic mass is 9.79. The van der Waals surface area contributed by atoms with Gasteiger partial charge in [0.25, 0.3) is 0 Å². The summed E-state index contributed by atoms with van der Waals surface area (Å²) < 4.78 is 0. The first-order chi connectivity index (χ1) is 8.31. The molecule has 1 unspecified atom stereocenters. The van der Waals surface area contributed by atoms with Crippen molar-refractivity contribution in [1.82, 2.24) is 10.3 Å². The van der Waals surface area contributed by atoms with Crippen LogP contribution in [0.15, 0.2) is 18.5 Å². The van der Waals surface area contributed by atoms with Crippen molar-refractivity contribution < 1.29 is 0 Å². The lowest BCUT2D eigenvalue weighted by Crippen LogP contribution is -2.27. The fourth-order valence-corrected chi connectivity index (χ4v) is 2.58. The van der Waals surface area contributed by atoms with E-state index in [1.54, 1.807) is 0 Å². The Labute approximate surface area is 105 Å². The van der Waals surface area contributed by atoms with E-state index in [1.807, 2.05) is 12.4 Å². The first-order valence-electron chi connectivity index (χ1n) is 6.95. The van der Waals surface area contributed by atoms with Gasteiger partial charge in [-0.2, -0.15) is 0 Å². The number of nitrogens with one attached hydrogen (secondary N) is 1. The van der Waals surface area contributed by atoms with Crippen LogP contribution in [-0.2, 0) is 0 Å². The van der Waals surface area contributed by atoms with Crippen LogP contribution in [-0.4, -0.2) is 11.5 Å². The number of hydrogen-bond acceptors (Lipinski definition) is 2. The molecule has 0 amide bonds. The summed E-state index contributed by atoms with van der Waals surface area (Å²) in [6.07, 6.45) is 10.7. The molecule has 0 radical (unpaired) electrons. The normalized spacial score (nSPS) is 17.8. The van der Waals surface area contributed by atoms with Crippen molar-refractivity contribution in [3.05, 3.63) is 29.6 Å². The molecule has 2 heteroatoms. The second kappa shape index (κ2) is 6.15. The maximum Gasteiger partial charge on any atom is 0.0326 e. The molecule has 0 saturated heterocycles. The first kappa shape index (κ1) is 12.6. The minimum atomic E-state index is 0.531. The zero-order valence-electron chi connectivity index (χ0n) is 11.1. The molecule has 0 aliphatic heterocycles. The fourth-order valence-electron chi connectivity index (χ4n) is 2.58. The minimum absolute atomic E-state index is 0.531. The van der Waals surface area contributed by atoms with Crippen LogP contribution >= 0.6 is 0 Å². The van der Waals surface area contributed by atoms with Gasteiger partial charge in [-0.1, -0.05) is 26.2 Å². The third-order valence-corrected chi connectivity index (χ3v) is 3.87. The predicted molar refractivity (Wildman–Crippen MR) is 72.0 cm³/mol. The van der Waals surface area contributed by atoms with E-state index >= 15 is 0 Å². The molecule has 94 valence electrons. The fraction of sp³-hybridized carbons (Fsp3) is 0.667. The molecule has 0 spiro atoms. The van der Waals surface area contributed by atoms with Crippen molar-refractivity contribution in [2.45, 2.75) is 52.0 Å².